The van der Waals surface area contributed by atoms with Gasteiger partial charge in [0.15, 0.2) is 0 Å². The molecule has 3 nitrogen and oxygen atoms in total. The van der Waals surface area contributed by atoms with Gasteiger partial charge in [0.05, 0.1) is 0 Å². The van der Waals surface area contributed by atoms with Crippen molar-refractivity contribution in [2.75, 3.05) is 13.1 Å². The Morgan fingerprint density at radius 1 is 1.43 bits per heavy atom. The summed E-state index contributed by atoms with van der Waals surface area (Å²) in [6, 6.07) is 9.27. The predicted octanol–water partition coefficient (Wildman–Crippen LogP) is 2.52. The van der Waals surface area contributed by atoms with Crippen LogP contribution in [0.4, 0.5) is 0 Å². The van der Waals surface area contributed by atoms with Crippen molar-refractivity contribution in [2.24, 2.45) is 0 Å². The molecule has 112 valence electrons. The molecule has 0 atom stereocenters. The van der Waals surface area contributed by atoms with Crippen molar-refractivity contribution in [3.63, 3.8) is 0 Å². The lowest BCUT2D eigenvalue weighted by Gasteiger charge is -2.31. The van der Waals surface area contributed by atoms with Crippen LogP contribution in [-0.2, 0) is 11.3 Å². The fraction of sp³-hybridized carbons (Fsp3) is 0.500. The summed E-state index contributed by atoms with van der Waals surface area (Å²) >= 11 is 0. The van der Waals surface area contributed by atoms with Gasteiger partial charge in [-0.25, -0.2) is 0 Å². The molecule has 1 aromatic rings. The third-order valence-corrected chi connectivity index (χ3v) is 4.04. The van der Waals surface area contributed by atoms with Gasteiger partial charge in [0.25, 0.3) is 5.91 Å². The number of benzene rings is 1. The Balaban J connectivity index is 1.96. The molecule has 1 amide bonds. The molecule has 2 rings (SSSR count). The van der Waals surface area contributed by atoms with Gasteiger partial charge in [-0.05, 0) is 35.8 Å². The number of amides is 1. The molecule has 0 saturated carbocycles. The molecule has 0 aliphatic carbocycles. The van der Waals surface area contributed by atoms with Crippen LogP contribution >= 0.6 is 0 Å². The van der Waals surface area contributed by atoms with Crippen molar-refractivity contribution in [3.05, 3.63) is 35.4 Å². The van der Waals surface area contributed by atoms with Gasteiger partial charge in [-0.3, -0.25) is 4.79 Å². The van der Waals surface area contributed by atoms with E-state index in [4.69, 9.17) is 6.42 Å². The average Bonchev–Trinajstić information content (AvgIpc) is 2.52. The van der Waals surface area contributed by atoms with Gasteiger partial charge in [-0.1, -0.05) is 38.1 Å². The van der Waals surface area contributed by atoms with Crippen LogP contribution in [0.25, 0.3) is 0 Å². The Labute approximate surface area is 127 Å². The Morgan fingerprint density at radius 3 is 2.76 bits per heavy atom. The maximum absolute atomic E-state index is 11.5. The summed E-state index contributed by atoms with van der Waals surface area (Å²) < 4.78 is 0. The maximum atomic E-state index is 11.5. The van der Waals surface area contributed by atoms with Gasteiger partial charge in [0.1, 0.15) is 0 Å². The highest BCUT2D eigenvalue weighted by Crippen LogP contribution is 2.28. The second-order valence-electron chi connectivity index (χ2n) is 5.99. The number of nitrogens with zero attached hydrogens (tertiary/aromatic N) is 1. The van der Waals surface area contributed by atoms with Crippen molar-refractivity contribution < 1.29 is 4.79 Å². The first-order valence-electron chi connectivity index (χ1n) is 7.68. The van der Waals surface area contributed by atoms with Crippen molar-refractivity contribution in [3.8, 4) is 12.3 Å². The average molecular weight is 284 g/mol. The van der Waals surface area contributed by atoms with Crippen molar-refractivity contribution in [1.82, 2.24) is 10.2 Å². The molecule has 0 aromatic heterocycles. The second kappa shape index (κ2) is 7.28. The normalized spacial score (nSPS) is 16.0. The molecular formula is C18H24N2O. The lowest BCUT2D eigenvalue weighted by atomic mass is 9.88. The Morgan fingerprint density at radius 2 is 2.14 bits per heavy atom. The van der Waals surface area contributed by atoms with Gasteiger partial charge >= 0.3 is 0 Å². The number of rotatable bonds is 4. The summed E-state index contributed by atoms with van der Waals surface area (Å²) in [5.41, 5.74) is 2.70. The quantitative estimate of drug-likeness (QED) is 0.862. The van der Waals surface area contributed by atoms with E-state index in [1.54, 1.807) is 4.90 Å². The molecule has 21 heavy (non-hydrogen) atoms. The van der Waals surface area contributed by atoms with E-state index in [1.807, 2.05) is 0 Å². The molecule has 0 spiro atoms. The summed E-state index contributed by atoms with van der Waals surface area (Å²) in [5, 5.41) is 3.45. The molecule has 3 heteroatoms. The minimum absolute atomic E-state index is 0.177. The second-order valence-corrected chi connectivity index (χ2v) is 5.99. The minimum atomic E-state index is -0.177. The molecule has 1 aromatic carbocycles. The van der Waals surface area contributed by atoms with Crippen LogP contribution in [0.15, 0.2) is 24.3 Å². The third-order valence-electron chi connectivity index (χ3n) is 4.04. The monoisotopic (exact) mass is 284 g/mol. The van der Waals surface area contributed by atoms with E-state index in [-0.39, 0.29) is 5.91 Å². The summed E-state index contributed by atoms with van der Waals surface area (Å²) in [5.74, 6) is 2.56. The minimum Gasteiger partial charge on any atom is -0.332 e. The number of piperidine rings is 1. The first-order valence-corrected chi connectivity index (χ1v) is 7.68. The summed E-state index contributed by atoms with van der Waals surface area (Å²) in [4.78, 5) is 13.3. The van der Waals surface area contributed by atoms with E-state index in [0.29, 0.717) is 12.0 Å². The number of likely N-dealkylation sites (tertiary alicyclic amines) is 1. The molecule has 1 saturated heterocycles. The van der Waals surface area contributed by atoms with Crippen LogP contribution in [-0.4, -0.2) is 29.9 Å². The number of nitrogens with one attached hydrogen (secondary N) is 1. The lowest BCUT2D eigenvalue weighted by molar-refractivity contribution is -0.126. The Kier molecular flexibility index (Phi) is 5.41. The molecule has 0 radical (unpaired) electrons. The highest BCUT2D eigenvalue weighted by molar-refractivity contribution is 5.92. The van der Waals surface area contributed by atoms with E-state index < -0.39 is 0 Å². The molecule has 1 aliphatic heterocycles. The summed E-state index contributed by atoms with van der Waals surface area (Å²) in [6.07, 6.45) is 7.17. The highest BCUT2D eigenvalue weighted by Gasteiger charge is 2.22. The lowest BCUT2D eigenvalue weighted by Crippen LogP contribution is -2.37. The van der Waals surface area contributed by atoms with Crippen molar-refractivity contribution >= 4 is 5.91 Å². The molecule has 0 unspecified atom stereocenters. The predicted molar refractivity (Wildman–Crippen MR) is 85.8 cm³/mol. The molecule has 0 bridgehead atoms. The van der Waals surface area contributed by atoms with E-state index in [1.165, 1.54) is 11.1 Å². The maximum Gasteiger partial charge on any atom is 0.298 e. The van der Waals surface area contributed by atoms with Crippen molar-refractivity contribution in [1.29, 1.82) is 0 Å². The Hall–Kier alpha value is -1.79. The molecule has 1 N–H and O–H groups in total. The van der Waals surface area contributed by atoms with Crippen LogP contribution in [0.3, 0.4) is 0 Å². The third kappa shape index (κ3) is 4.34. The number of terminal acetylenes is 1. The molecule has 1 heterocycles. The van der Waals surface area contributed by atoms with Crippen LogP contribution in [0, 0.1) is 12.3 Å². The van der Waals surface area contributed by atoms with Gasteiger partial charge in [0, 0.05) is 25.7 Å². The summed E-state index contributed by atoms with van der Waals surface area (Å²) in [6.45, 7) is 6.74. The van der Waals surface area contributed by atoms with E-state index in [2.05, 4.69) is 49.4 Å². The van der Waals surface area contributed by atoms with Gasteiger partial charge in [-0.2, -0.15) is 0 Å². The zero-order chi connectivity index (χ0) is 15.2. The number of hydrogen-bond acceptors (Lipinski definition) is 2. The zero-order valence-corrected chi connectivity index (χ0v) is 12.9. The Bertz CT molecular complexity index is 522. The number of carbonyl (C=O) groups is 1. The largest absolute Gasteiger partial charge is 0.332 e. The van der Waals surface area contributed by atoms with Crippen LogP contribution < -0.4 is 5.32 Å². The molecule has 1 aliphatic rings. The molecule has 1 fully saturated rings. The number of hydrogen-bond donors (Lipinski definition) is 1. The van der Waals surface area contributed by atoms with Crippen molar-refractivity contribution in [2.45, 2.75) is 45.2 Å². The van der Waals surface area contributed by atoms with E-state index in [9.17, 15) is 4.79 Å². The SMILES string of the molecule is C#CC(=O)N1CCC(c2cccc(CNC(C)C)c2)CC1. The van der Waals surface area contributed by atoms with Gasteiger partial charge < -0.3 is 10.2 Å². The van der Waals surface area contributed by atoms with Gasteiger partial charge in [-0.15, -0.1) is 6.42 Å². The standard InChI is InChI=1S/C18H24N2O/c1-4-18(21)20-10-8-16(9-11-20)17-7-5-6-15(12-17)13-19-14(2)3/h1,5-7,12,14,16,19H,8-11,13H2,2-3H3. The summed E-state index contributed by atoms with van der Waals surface area (Å²) in [7, 11) is 0. The topological polar surface area (TPSA) is 32.3 Å². The van der Waals surface area contributed by atoms with Gasteiger partial charge in [0.2, 0.25) is 0 Å². The zero-order valence-electron chi connectivity index (χ0n) is 12.9. The smallest absolute Gasteiger partial charge is 0.298 e. The first kappa shape index (κ1) is 15.6. The van der Waals surface area contributed by atoms with E-state index in [0.717, 1.165) is 32.5 Å². The van der Waals surface area contributed by atoms with Crippen LogP contribution in [0.1, 0.15) is 43.7 Å². The first-order chi connectivity index (χ1) is 10.1. The molecular weight excluding hydrogens is 260 g/mol. The number of carbonyl (C=O) groups excluding carboxylic acids is 1. The fourth-order valence-electron chi connectivity index (χ4n) is 2.79. The van der Waals surface area contributed by atoms with Crippen LogP contribution in [0.2, 0.25) is 0 Å². The van der Waals surface area contributed by atoms with E-state index >= 15 is 0 Å². The van der Waals surface area contributed by atoms with Crippen LogP contribution in [0.5, 0.6) is 0 Å². The highest BCUT2D eigenvalue weighted by atomic mass is 16.2. The fourth-order valence-corrected chi connectivity index (χ4v) is 2.79.